The van der Waals surface area contributed by atoms with Crippen molar-refractivity contribution in [3.05, 3.63) is 89.3 Å². The number of aryl methyl sites for hydroxylation is 1. The summed E-state index contributed by atoms with van der Waals surface area (Å²) in [6, 6.07) is 14.1. The molecule has 0 aliphatic heterocycles. The highest BCUT2D eigenvalue weighted by molar-refractivity contribution is 5.94. The summed E-state index contributed by atoms with van der Waals surface area (Å²) in [6.07, 6.45) is 3.63. The van der Waals surface area contributed by atoms with Crippen LogP contribution < -0.4 is 0 Å². The van der Waals surface area contributed by atoms with Gasteiger partial charge in [0.15, 0.2) is 0 Å². The van der Waals surface area contributed by atoms with Crippen molar-refractivity contribution in [2.45, 2.75) is 33.9 Å². The van der Waals surface area contributed by atoms with Crippen LogP contribution in [0, 0.1) is 18.7 Å². The van der Waals surface area contributed by atoms with E-state index in [2.05, 4.69) is 18.8 Å². The Hall–Kier alpha value is -2.95. The van der Waals surface area contributed by atoms with Crippen LogP contribution in [0.15, 0.2) is 60.9 Å². The first-order valence-electron chi connectivity index (χ1n) is 9.53. The minimum Gasteiger partial charge on any atom is -0.331 e. The lowest BCUT2D eigenvalue weighted by molar-refractivity contribution is 0.0716. The third-order valence-corrected chi connectivity index (χ3v) is 4.57. The van der Waals surface area contributed by atoms with E-state index >= 15 is 0 Å². The Morgan fingerprint density at radius 3 is 2.43 bits per heavy atom. The number of rotatable bonds is 7. The predicted molar refractivity (Wildman–Crippen MR) is 108 cm³/mol. The van der Waals surface area contributed by atoms with Crippen LogP contribution in [-0.2, 0) is 13.1 Å². The molecule has 0 spiro atoms. The number of carbonyl (C=O) groups excluding carboxylic acids is 1. The lowest BCUT2D eigenvalue weighted by atomic mass is 10.1. The highest BCUT2D eigenvalue weighted by atomic mass is 19.1. The second-order valence-corrected chi connectivity index (χ2v) is 7.54. The summed E-state index contributed by atoms with van der Waals surface area (Å²) >= 11 is 0. The quantitative estimate of drug-likeness (QED) is 0.598. The fourth-order valence-electron chi connectivity index (χ4n) is 3.13. The number of imidazole rings is 1. The first-order valence-corrected chi connectivity index (χ1v) is 9.53. The third-order valence-electron chi connectivity index (χ3n) is 4.57. The molecule has 0 N–H and O–H groups in total. The summed E-state index contributed by atoms with van der Waals surface area (Å²) in [5.41, 5.74) is 2.80. The van der Waals surface area contributed by atoms with Crippen LogP contribution in [0.5, 0.6) is 0 Å². The minimum absolute atomic E-state index is 0.00466. The SMILES string of the molecule is Cc1ccc(C(=O)N(Cc2nccn2Cc2ccc(F)cc2)CC(C)C)cc1. The zero-order chi connectivity index (χ0) is 20.1. The van der Waals surface area contributed by atoms with E-state index < -0.39 is 0 Å². The average Bonchev–Trinajstić information content (AvgIpc) is 3.09. The molecule has 5 heteroatoms. The highest BCUT2D eigenvalue weighted by Gasteiger charge is 2.19. The number of carbonyl (C=O) groups is 1. The van der Waals surface area contributed by atoms with Crippen molar-refractivity contribution >= 4 is 5.91 Å². The van der Waals surface area contributed by atoms with Crippen molar-refractivity contribution in [2.75, 3.05) is 6.54 Å². The van der Waals surface area contributed by atoms with E-state index in [-0.39, 0.29) is 11.7 Å². The van der Waals surface area contributed by atoms with Crippen molar-refractivity contribution < 1.29 is 9.18 Å². The van der Waals surface area contributed by atoms with Crippen LogP contribution in [0.3, 0.4) is 0 Å². The number of amides is 1. The van der Waals surface area contributed by atoms with Gasteiger partial charge in [0.05, 0.1) is 6.54 Å². The number of aromatic nitrogens is 2. The molecule has 0 aliphatic carbocycles. The van der Waals surface area contributed by atoms with Crippen molar-refractivity contribution in [2.24, 2.45) is 5.92 Å². The van der Waals surface area contributed by atoms with Crippen molar-refractivity contribution in [3.63, 3.8) is 0 Å². The Morgan fingerprint density at radius 1 is 1.11 bits per heavy atom. The summed E-state index contributed by atoms with van der Waals surface area (Å²) in [5, 5.41) is 0. The molecule has 146 valence electrons. The maximum atomic E-state index is 13.1. The van der Waals surface area contributed by atoms with Crippen molar-refractivity contribution in [3.8, 4) is 0 Å². The molecule has 0 radical (unpaired) electrons. The molecular formula is C23H26FN3O. The molecule has 0 bridgehead atoms. The minimum atomic E-state index is -0.249. The summed E-state index contributed by atoms with van der Waals surface area (Å²) < 4.78 is 15.2. The van der Waals surface area contributed by atoms with Crippen LogP contribution in [-0.4, -0.2) is 26.9 Å². The Bertz CT molecular complexity index is 914. The molecule has 28 heavy (non-hydrogen) atoms. The lowest BCUT2D eigenvalue weighted by Crippen LogP contribution is -2.34. The highest BCUT2D eigenvalue weighted by Crippen LogP contribution is 2.14. The van der Waals surface area contributed by atoms with E-state index in [9.17, 15) is 9.18 Å². The molecule has 0 unspecified atom stereocenters. The zero-order valence-electron chi connectivity index (χ0n) is 16.6. The van der Waals surface area contributed by atoms with Crippen LogP contribution in [0.1, 0.15) is 41.2 Å². The molecule has 0 fully saturated rings. The number of benzene rings is 2. The largest absolute Gasteiger partial charge is 0.331 e. The van der Waals surface area contributed by atoms with Crippen LogP contribution in [0.4, 0.5) is 4.39 Å². The van der Waals surface area contributed by atoms with Gasteiger partial charge >= 0.3 is 0 Å². The van der Waals surface area contributed by atoms with Crippen LogP contribution >= 0.6 is 0 Å². The summed E-state index contributed by atoms with van der Waals surface area (Å²) in [6.45, 7) is 7.87. The molecule has 1 amide bonds. The second-order valence-electron chi connectivity index (χ2n) is 7.54. The van der Waals surface area contributed by atoms with Gasteiger partial charge in [-0.15, -0.1) is 0 Å². The summed E-state index contributed by atoms with van der Waals surface area (Å²) in [7, 11) is 0. The van der Waals surface area contributed by atoms with Gasteiger partial charge in [-0.2, -0.15) is 0 Å². The smallest absolute Gasteiger partial charge is 0.254 e. The third kappa shape index (κ3) is 5.06. The van der Waals surface area contributed by atoms with E-state index in [0.717, 1.165) is 17.0 Å². The van der Waals surface area contributed by atoms with E-state index in [1.165, 1.54) is 12.1 Å². The monoisotopic (exact) mass is 379 g/mol. The molecule has 0 atom stereocenters. The first-order chi connectivity index (χ1) is 13.4. The number of nitrogens with zero attached hydrogens (tertiary/aromatic N) is 3. The van der Waals surface area contributed by atoms with Gasteiger partial charge in [0.2, 0.25) is 0 Å². The van der Waals surface area contributed by atoms with Gasteiger partial charge in [0, 0.05) is 31.0 Å². The molecule has 0 aliphatic rings. The van der Waals surface area contributed by atoms with Crippen LogP contribution in [0.25, 0.3) is 0 Å². The Morgan fingerprint density at radius 2 is 1.79 bits per heavy atom. The Balaban J connectivity index is 1.79. The van der Waals surface area contributed by atoms with Crippen LogP contribution in [0.2, 0.25) is 0 Å². The standard InChI is InChI=1S/C23H26FN3O/c1-17(2)14-27(23(28)20-8-4-18(3)5-9-20)16-22-25-12-13-26(22)15-19-6-10-21(24)11-7-19/h4-13,17H,14-16H2,1-3H3. The maximum absolute atomic E-state index is 13.1. The normalized spacial score (nSPS) is 11.0. The average molecular weight is 379 g/mol. The second kappa shape index (κ2) is 8.83. The molecule has 2 aromatic carbocycles. The van der Waals surface area contributed by atoms with Gasteiger partial charge in [0.1, 0.15) is 11.6 Å². The zero-order valence-corrected chi connectivity index (χ0v) is 16.6. The summed E-state index contributed by atoms with van der Waals surface area (Å²) in [4.78, 5) is 19.4. The Labute approximate surface area is 165 Å². The van der Waals surface area contributed by atoms with E-state index in [1.54, 1.807) is 18.3 Å². The predicted octanol–water partition coefficient (Wildman–Crippen LogP) is 4.68. The van der Waals surface area contributed by atoms with E-state index in [4.69, 9.17) is 0 Å². The van der Waals surface area contributed by atoms with Gasteiger partial charge in [-0.05, 0) is 42.7 Å². The van der Waals surface area contributed by atoms with Gasteiger partial charge in [-0.3, -0.25) is 4.79 Å². The lowest BCUT2D eigenvalue weighted by Gasteiger charge is -2.25. The van der Waals surface area contributed by atoms with Crippen molar-refractivity contribution in [1.29, 1.82) is 0 Å². The van der Waals surface area contributed by atoms with Gasteiger partial charge in [-0.25, -0.2) is 9.37 Å². The molecule has 4 nitrogen and oxygen atoms in total. The van der Waals surface area contributed by atoms with Gasteiger partial charge in [0.25, 0.3) is 5.91 Å². The summed E-state index contributed by atoms with van der Waals surface area (Å²) in [5.74, 6) is 0.909. The number of hydrogen-bond donors (Lipinski definition) is 0. The first kappa shape index (κ1) is 19.8. The maximum Gasteiger partial charge on any atom is 0.254 e. The molecule has 0 saturated heterocycles. The topological polar surface area (TPSA) is 38.1 Å². The fourth-order valence-corrected chi connectivity index (χ4v) is 3.13. The molecule has 3 rings (SSSR count). The fraction of sp³-hybridized carbons (Fsp3) is 0.304. The Kier molecular flexibility index (Phi) is 6.24. The number of hydrogen-bond acceptors (Lipinski definition) is 2. The van der Waals surface area contributed by atoms with Crippen molar-refractivity contribution in [1.82, 2.24) is 14.5 Å². The van der Waals surface area contributed by atoms with Gasteiger partial charge < -0.3 is 9.47 Å². The van der Waals surface area contributed by atoms with E-state index in [1.807, 2.05) is 46.9 Å². The molecule has 1 aromatic heterocycles. The van der Waals surface area contributed by atoms with Gasteiger partial charge in [-0.1, -0.05) is 43.7 Å². The molecule has 0 saturated carbocycles. The molecular weight excluding hydrogens is 353 g/mol. The molecule has 1 heterocycles. The van der Waals surface area contributed by atoms with E-state index in [0.29, 0.717) is 31.1 Å². The molecule has 3 aromatic rings. The number of halogens is 1.